The first-order chi connectivity index (χ1) is 10.2. The van der Waals surface area contributed by atoms with Gasteiger partial charge in [0, 0.05) is 18.7 Å². The van der Waals surface area contributed by atoms with Gasteiger partial charge >= 0.3 is 0 Å². The van der Waals surface area contributed by atoms with Gasteiger partial charge in [0.05, 0.1) is 5.92 Å². The molecule has 1 saturated heterocycles. The third-order valence-corrected chi connectivity index (χ3v) is 4.71. The van der Waals surface area contributed by atoms with Gasteiger partial charge in [0.15, 0.2) is 0 Å². The first-order valence-corrected chi connectivity index (χ1v) is 7.40. The zero-order valence-electron chi connectivity index (χ0n) is 12.0. The molecule has 0 aliphatic carbocycles. The number of nitrogens with zero attached hydrogens (tertiary/aromatic N) is 1. The molecule has 1 fully saturated rings. The van der Waals surface area contributed by atoms with Crippen LogP contribution in [0.15, 0.2) is 54.6 Å². The van der Waals surface area contributed by atoms with E-state index in [1.807, 2.05) is 35.2 Å². The molecule has 2 aromatic rings. The highest BCUT2D eigenvalue weighted by atomic mass is 16.2. The molecule has 0 bridgehead atoms. The highest BCUT2D eigenvalue weighted by Crippen LogP contribution is 2.44. The Labute approximate surface area is 124 Å². The molecular formula is C18H18N2O. The van der Waals surface area contributed by atoms with Crippen LogP contribution in [0.3, 0.4) is 0 Å². The lowest BCUT2D eigenvalue weighted by atomic mass is 9.93. The molecule has 3 heteroatoms. The first-order valence-electron chi connectivity index (χ1n) is 7.40. The fourth-order valence-corrected chi connectivity index (χ4v) is 3.58. The lowest BCUT2D eigenvalue weighted by Crippen LogP contribution is -2.51. The van der Waals surface area contributed by atoms with Gasteiger partial charge < -0.3 is 10.2 Å². The maximum absolute atomic E-state index is 12.8. The van der Waals surface area contributed by atoms with E-state index in [0.717, 1.165) is 17.7 Å². The topological polar surface area (TPSA) is 32.3 Å². The normalized spacial score (nSPS) is 27.0. The van der Waals surface area contributed by atoms with Crippen LogP contribution in [0.4, 0.5) is 5.69 Å². The first kappa shape index (κ1) is 12.5. The number of carbonyl (C=O) groups excluding carboxylic acids is 1. The van der Waals surface area contributed by atoms with Crippen molar-refractivity contribution >= 4 is 11.6 Å². The Morgan fingerprint density at radius 1 is 1.10 bits per heavy atom. The number of hydrogen-bond acceptors (Lipinski definition) is 2. The van der Waals surface area contributed by atoms with Gasteiger partial charge in [-0.1, -0.05) is 48.5 Å². The second kappa shape index (κ2) is 4.35. The molecule has 0 spiro atoms. The van der Waals surface area contributed by atoms with Crippen molar-refractivity contribution in [2.24, 2.45) is 0 Å². The molecule has 0 unspecified atom stereocenters. The fourth-order valence-electron chi connectivity index (χ4n) is 3.58. The molecule has 2 heterocycles. The van der Waals surface area contributed by atoms with E-state index in [9.17, 15) is 4.79 Å². The molecule has 0 aromatic heterocycles. The largest absolute Gasteiger partial charge is 0.363 e. The molecular weight excluding hydrogens is 260 g/mol. The summed E-state index contributed by atoms with van der Waals surface area (Å²) in [6.07, 6.45) is 0.810. The lowest BCUT2D eigenvalue weighted by molar-refractivity contribution is -0.132. The number of fused-ring (bicyclic) bond motifs is 2. The van der Waals surface area contributed by atoms with Crippen molar-refractivity contribution in [3.63, 3.8) is 0 Å². The van der Waals surface area contributed by atoms with Crippen LogP contribution < -0.4 is 5.32 Å². The minimum Gasteiger partial charge on any atom is -0.363 e. The minimum absolute atomic E-state index is 0.0435. The van der Waals surface area contributed by atoms with Gasteiger partial charge in [0.25, 0.3) is 0 Å². The van der Waals surface area contributed by atoms with Gasteiger partial charge in [-0.15, -0.1) is 0 Å². The predicted molar refractivity (Wildman–Crippen MR) is 82.8 cm³/mol. The maximum atomic E-state index is 12.8. The van der Waals surface area contributed by atoms with Gasteiger partial charge in [-0.3, -0.25) is 4.79 Å². The molecule has 1 amide bonds. The van der Waals surface area contributed by atoms with Crippen molar-refractivity contribution in [3.05, 3.63) is 65.7 Å². The Morgan fingerprint density at radius 3 is 2.62 bits per heavy atom. The van der Waals surface area contributed by atoms with Crippen molar-refractivity contribution in [1.82, 2.24) is 4.90 Å². The molecule has 21 heavy (non-hydrogen) atoms. The minimum atomic E-state index is -0.286. The van der Waals surface area contributed by atoms with Crippen LogP contribution in [0.1, 0.15) is 30.4 Å². The average Bonchev–Trinajstić information content (AvgIpc) is 2.77. The summed E-state index contributed by atoms with van der Waals surface area (Å²) in [6, 6.07) is 18.4. The standard InChI is InChI=1S/C18H18N2O/c1-18-11-15(13-7-3-2-4-8-13)17(21)20(18)12-14-9-5-6-10-16(14)19-18/h2-10,15,19H,11-12H2,1H3/t15-,18+/m0/s1. The second-order valence-electron chi connectivity index (χ2n) is 6.15. The molecule has 2 atom stereocenters. The Morgan fingerprint density at radius 2 is 1.81 bits per heavy atom. The van der Waals surface area contributed by atoms with Crippen molar-refractivity contribution in [2.75, 3.05) is 5.32 Å². The Balaban J connectivity index is 1.72. The number of amides is 1. The van der Waals surface area contributed by atoms with Gasteiger partial charge in [-0.25, -0.2) is 0 Å². The average molecular weight is 278 g/mol. The number of rotatable bonds is 1. The highest BCUT2D eigenvalue weighted by molar-refractivity contribution is 5.88. The Kier molecular flexibility index (Phi) is 2.58. The van der Waals surface area contributed by atoms with Crippen LogP contribution in [0.2, 0.25) is 0 Å². The van der Waals surface area contributed by atoms with E-state index in [4.69, 9.17) is 0 Å². The van der Waals surface area contributed by atoms with E-state index in [0.29, 0.717) is 6.54 Å². The van der Waals surface area contributed by atoms with Gasteiger partial charge in [-0.05, 0) is 24.1 Å². The highest BCUT2D eigenvalue weighted by Gasteiger charge is 2.50. The summed E-state index contributed by atoms with van der Waals surface area (Å²) < 4.78 is 0. The van der Waals surface area contributed by atoms with Crippen LogP contribution in [-0.2, 0) is 11.3 Å². The third-order valence-electron chi connectivity index (χ3n) is 4.71. The number of carbonyl (C=O) groups is 1. The number of anilines is 1. The number of benzene rings is 2. The van der Waals surface area contributed by atoms with E-state index in [1.54, 1.807) is 0 Å². The van der Waals surface area contributed by atoms with E-state index in [2.05, 4.69) is 36.5 Å². The summed E-state index contributed by atoms with van der Waals surface area (Å²) in [5.41, 5.74) is 3.17. The molecule has 2 aliphatic heterocycles. The van der Waals surface area contributed by atoms with Crippen molar-refractivity contribution < 1.29 is 4.79 Å². The SMILES string of the molecule is C[C@]12C[C@@H](c3ccccc3)C(=O)N1Cc1ccccc1N2. The van der Waals surface area contributed by atoms with Crippen molar-refractivity contribution in [3.8, 4) is 0 Å². The summed E-state index contributed by atoms with van der Waals surface area (Å²) in [4.78, 5) is 14.8. The summed E-state index contributed by atoms with van der Waals surface area (Å²) in [7, 11) is 0. The van der Waals surface area contributed by atoms with Gasteiger partial charge in [-0.2, -0.15) is 0 Å². The van der Waals surface area contributed by atoms with Gasteiger partial charge in [0.2, 0.25) is 5.91 Å². The van der Waals surface area contributed by atoms with Crippen LogP contribution in [-0.4, -0.2) is 16.5 Å². The summed E-state index contributed by atoms with van der Waals surface area (Å²) in [5.74, 6) is 0.184. The molecule has 0 saturated carbocycles. The molecule has 3 nitrogen and oxygen atoms in total. The number of hydrogen-bond donors (Lipinski definition) is 1. The van der Waals surface area contributed by atoms with Crippen LogP contribution in [0.25, 0.3) is 0 Å². The molecule has 1 N–H and O–H groups in total. The zero-order chi connectivity index (χ0) is 14.4. The van der Waals surface area contributed by atoms with E-state index in [1.165, 1.54) is 5.56 Å². The van der Waals surface area contributed by atoms with Crippen molar-refractivity contribution in [2.45, 2.75) is 31.5 Å². The van der Waals surface area contributed by atoms with Crippen LogP contribution >= 0.6 is 0 Å². The molecule has 2 aliphatic rings. The van der Waals surface area contributed by atoms with E-state index >= 15 is 0 Å². The molecule has 2 aromatic carbocycles. The predicted octanol–water partition coefficient (Wildman–Crippen LogP) is 3.34. The lowest BCUT2D eigenvalue weighted by Gasteiger charge is -2.41. The number of para-hydroxylation sites is 1. The Hall–Kier alpha value is -2.29. The molecule has 4 rings (SSSR count). The van der Waals surface area contributed by atoms with E-state index < -0.39 is 0 Å². The molecule has 0 radical (unpaired) electrons. The zero-order valence-corrected chi connectivity index (χ0v) is 12.0. The molecule has 106 valence electrons. The number of nitrogens with one attached hydrogen (secondary N) is 1. The third kappa shape index (κ3) is 1.84. The Bertz CT molecular complexity index is 697. The monoisotopic (exact) mass is 278 g/mol. The smallest absolute Gasteiger partial charge is 0.232 e. The fraction of sp³-hybridized carbons (Fsp3) is 0.278. The van der Waals surface area contributed by atoms with Gasteiger partial charge in [0.1, 0.15) is 5.66 Å². The van der Waals surface area contributed by atoms with E-state index in [-0.39, 0.29) is 17.5 Å². The summed E-state index contributed by atoms with van der Waals surface area (Å²) >= 11 is 0. The van der Waals surface area contributed by atoms with Crippen molar-refractivity contribution in [1.29, 1.82) is 0 Å². The quantitative estimate of drug-likeness (QED) is 0.867. The van der Waals surface area contributed by atoms with Crippen LogP contribution in [0.5, 0.6) is 0 Å². The maximum Gasteiger partial charge on any atom is 0.232 e. The second-order valence-corrected chi connectivity index (χ2v) is 6.15. The summed E-state index contributed by atoms with van der Waals surface area (Å²) in [6.45, 7) is 2.83. The van der Waals surface area contributed by atoms with Crippen LogP contribution in [0, 0.1) is 0 Å². The summed E-state index contributed by atoms with van der Waals surface area (Å²) in [5, 5.41) is 3.57.